The number of hydrogen-bond donors (Lipinski definition) is 0. The van der Waals surface area contributed by atoms with Crippen molar-refractivity contribution in [3.05, 3.63) is 328 Å². The van der Waals surface area contributed by atoms with Crippen molar-refractivity contribution in [1.29, 1.82) is 0 Å². The molecule has 15 nitrogen and oxygen atoms in total. The van der Waals surface area contributed by atoms with Crippen LogP contribution in [0.5, 0.6) is 23.0 Å². The Morgan fingerprint density at radius 2 is 0.637 bits per heavy atom. The van der Waals surface area contributed by atoms with Crippen LogP contribution in [0.15, 0.2) is 294 Å². The number of ether oxygens (including phenoxy) is 9. The van der Waals surface area contributed by atoms with Crippen LogP contribution >= 0.6 is 0 Å². The van der Waals surface area contributed by atoms with Gasteiger partial charge in [-0.1, -0.05) is 221 Å². The Bertz CT molecular complexity index is 4450. The van der Waals surface area contributed by atoms with Crippen LogP contribution in [0.3, 0.4) is 0 Å². The number of esters is 5. The van der Waals surface area contributed by atoms with E-state index in [0.717, 1.165) is 96.4 Å². The van der Waals surface area contributed by atoms with Crippen LogP contribution in [0.1, 0.15) is 46.2 Å². The van der Waals surface area contributed by atoms with Crippen molar-refractivity contribution in [3.63, 3.8) is 0 Å². The van der Waals surface area contributed by atoms with Gasteiger partial charge >= 0.3 is 29.8 Å². The smallest absolute Gasteiger partial charge is 0.330 e. The van der Waals surface area contributed by atoms with Gasteiger partial charge in [-0.2, -0.15) is 0 Å². The van der Waals surface area contributed by atoms with Crippen molar-refractivity contribution < 1.29 is 71.4 Å². The molecule has 102 heavy (non-hydrogen) atoms. The zero-order valence-electron chi connectivity index (χ0n) is 56.4. The topological polar surface area (TPSA) is 185 Å². The predicted octanol–water partition coefficient (Wildman–Crippen LogP) is 16.4. The summed E-state index contributed by atoms with van der Waals surface area (Å²) in [5, 5.41) is 4.04. The maximum atomic E-state index is 11.9. The van der Waals surface area contributed by atoms with E-state index in [1.165, 1.54) is 28.3 Å². The lowest BCUT2D eigenvalue weighted by molar-refractivity contribution is -0.140. The highest BCUT2D eigenvalue weighted by Crippen LogP contribution is 2.57. The van der Waals surface area contributed by atoms with Gasteiger partial charge in [0.15, 0.2) is 5.78 Å². The van der Waals surface area contributed by atoms with E-state index in [4.69, 9.17) is 42.6 Å². The van der Waals surface area contributed by atoms with Gasteiger partial charge in [-0.05, 0) is 126 Å². The average molecular weight is 1360 g/mol. The monoisotopic (exact) mass is 1360 g/mol. The average Bonchev–Trinajstić information content (AvgIpc) is 1.54. The van der Waals surface area contributed by atoms with Gasteiger partial charge in [0.05, 0.1) is 10.8 Å². The summed E-state index contributed by atoms with van der Waals surface area (Å²) >= 11 is 0. The molecule has 0 saturated heterocycles. The summed E-state index contributed by atoms with van der Waals surface area (Å²) in [5.74, 6) is 0.184. The molecule has 0 amide bonds. The Morgan fingerprint density at radius 1 is 0.314 bits per heavy atom. The van der Waals surface area contributed by atoms with Crippen LogP contribution in [0.2, 0.25) is 0 Å². The lowest BCUT2D eigenvalue weighted by Gasteiger charge is -2.34. The number of allylic oxidation sites excluding steroid dienone is 1. The number of carbonyl (C=O) groups excluding carboxylic acids is 6. The predicted molar refractivity (Wildman–Crippen MR) is 395 cm³/mol. The maximum Gasteiger partial charge on any atom is 0.330 e. The Kier molecular flexibility index (Phi) is 24.6. The third kappa shape index (κ3) is 16.4. The van der Waals surface area contributed by atoms with Gasteiger partial charge in [-0.15, -0.1) is 0 Å². The van der Waals surface area contributed by atoms with E-state index in [1.54, 1.807) is 0 Å². The summed E-state index contributed by atoms with van der Waals surface area (Å²) in [7, 11) is 0. The number of ketones is 1. The minimum absolute atomic E-state index is 0.0173. The van der Waals surface area contributed by atoms with E-state index in [-0.39, 0.29) is 65.2 Å². The standard InChI is InChI=1S/C35H30O6.C30H26O6.C22H20O3/c1-3-33(36)40-23-21-38-27-17-13-25(14-18-27)35(26-15-19-28(20-16-26)39-22-24-41-34(37)4-2)31-11-7-5-9-29(31)30-10-6-8-12-32(30)35;1-3-27(31)35-19-17-33-25-15-13-21-9-5-7-11-23(21)29(25)30-24-12-8-6-10-22(24)14-16-26(30)34-18-20-36-28(32)4-2;1-3-16(23)13-14-22(15-25-21(24)4-2)19-11-7-5-9-17(19)18-10-6-8-12-20(18)22/h3-20H,1-2,21-24H2;3-16H,1-2,17-20H2;3-12H,1-2,13-15H2. The Hall–Kier alpha value is -12.6. The molecule has 0 atom stereocenters. The van der Waals surface area contributed by atoms with Crippen molar-refractivity contribution >= 4 is 57.2 Å². The lowest BCUT2D eigenvalue weighted by atomic mass is 9.68. The summed E-state index contributed by atoms with van der Waals surface area (Å²) in [6, 6.07) is 73.1. The molecule has 514 valence electrons. The lowest BCUT2D eigenvalue weighted by Crippen LogP contribution is -2.33. The fraction of sp³-hybridized carbons (Fsp3) is 0.149. The van der Waals surface area contributed by atoms with Gasteiger partial charge in [0, 0.05) is 47.9 Å². The van der Waals surface area contributed by atoms with E-state index in [1.807, 2.05) is 121 Å². The summed E-state index contributed by atoms with van der Waals surface area (Å²) in [5.41, 5.74) is 12.0. The molecule has 10 aromatic rings. The molecular weight excluding hydrogens is 1280 g/mol. The summed E-state index contributed by atoms with van der Waals surface area (Å²) in [6.45, 7) is 22.1. The van der Waals surface area contributed by atoms with Gasteiger partial charge in [0.2, 0.25) is 0 Å². The summed E-state index contributed by atoms with van der Waals surface area (Å²) < 4.78 is 49.5. The summed E-state index contributed by atoms with van der Waals surface area (Å²) in [6.07, 6.45) is 7.90. The first-order valence-electron chi connectivity index (χ1n) is 33.1. The fourth-order valence-corrected chi connectivity index (χ4v) is 12.9. The first kappa shape index (κ1) is 72.1. The Balaban J connectivity index is 0.000000169. The summed E-state index contributed by atoms with van der Waals surface area (Å²) in [4.78, 5) is 69.0. The fourth-order valence-electron chi connectivity index (χ4n) is 12.9. The third-order valence-electron chi connectivity index (χ3n) is 17.4. The van der Waals surface area contributed by atoms with Gasteiger partial charge < -0.3 is 42.6 Å². The number of carbonyl (C=O) groups is 6. The van der Waals surface area contributed by atoms with Crippen molar-refractivity contribution in [2.75, 3.05) is 59.5 Å². The largest absolute Gasteiger partial charge is 0.490 e. The molecule has 2 aliphatic rings. The molecule has 2 aliphatic carbocycles. The van der Waals surface area contributed by atoms with E-state index in [0.29, 0.717) is 35.8 Å². The van der Waals surface area contributed by atoms with Crippen molar-refractivity contribution in [2.24, 2.45) is 0 Å². The number of rotatable bonds is 30. The highest BCUT2D eigenvalue weighted by atomic mass is 16.6. The van der Waals surface area contributed by atoms with Crippen LogP contribution in [-0.2, 0) is 63.3 Å². The van der Waals surface area contributed by atoms with Gasteiger partial charge in [-0.3, -0.25) is 4.79 Å². The third-order valence-corrected chi connectivity index (χ3v) is 17.4. The Morgan fingerprint density at radius 3 is 1.01 bits per heavy atom. The molecule has 0 aromatic heterocycles. The highest BCUT2D eigenvalue weighted by molar-refractivity contribution is 6.10. The van der Waals surface area contributed by atoms with Crippen LogP contribution < -0.4 is 18.9 Å². The second-order valence-electron chi connectivity index (χ2n) is 23.2. The first-order valence-corrected chi connectivity index (χ1v) is 33.1. The molecule has 0 spiro atoms. The molecular formula is C87H76O15. The highest BCUT2D eigenvalue weighted by Gasteiger charge is 2.47. The van der Waals surface area contributed by atoms with Crippen molar-refractivity contribution in [1.82, 2.24) is 0 Å². The van der Waals surface area contributed by atoms with E-state index in [9.17, 15) is 28.8 Å². The molecule has 0 N–H and O–H groups in total. The number of benzene rings is 10. The van der Waals surface area contributed by atoms with Crippen LogP contribution in [0.4, 0.5) is 0 Å². The molecule has 12 rings (SSSR count). The molecule has 0 bridgehead atoms. The minimum Gasteiger partial charge on any atom is -0.490 e. The molecule has 15 heteroatoms. The van der Waals surface area contributed by atoms with E-state index in [2.05, 4.69) is 137 Å². The molecule has 0 fully saturated rings. The normalized spacial score (nSPS) is 12.0. The van der Waals surface area contributed by atoms with E-state index >= 15 is 0 Å². The van der Waals surface area contributed by atoms with Crippen molar-refractivity contribution in [2.45, 2.75) is 23.7 Å². The van der Waals surface area contributed by atoms with Crippen molar-refractivity contribution in [3.8, 4) is 56.4 Å². The molecule has 0 heterocycles. The number of hydrogen-bond acceptors (Lipinski definition) is 15. The van der Waals surface area contributed by atoms with E-state index < -0.39 is 40.7 Å². The molecule has 0 aliphatic heterocycles. The van der Waals surface area contributed by atoms with Gasteiger partial charge in [-0.25, -0.2) is 24.0 Å². The minimum atomic E-state index is -0.566. The van der Waals surface area contributed by atoms with Gasteiger partial charge in [0.25, 0.3) is 0 Å². The maximum absolute atomic E-state index is 11.9. The van der Waals surface area contributed by atoms with Crippen LogP contribution in [0, 0.1) is 0 Å². The van der Waals surface area contributed by atoms with Crippen LogP contribution in [-0.4, -0.2) is 95.1 Å². The first-order chi connectivity index (χ1) is 49.8. The molecule has 0 unspecified atom stereocenters. The van der Waals surface area contributed by atoms with Crippen LogP contribution in [0.25, 0.3) is 54.9 Å². The number of fused-ring (bicyclic) bond motifs is 8. The SMILES string of the molecule is C=CC(=O)CCC1(COC(=O)C=C)c2ccccc2-c2ccccc21.C=CC(=O)OCCOc1ccc(C2(c3ccc(OCCOC(=O)C=C)cc3)c3ccccc3-c3ccccc32)cc1.C=CC(=O)OCCOc1ccc2ccccc2c1-c1c(OCCOC(=O)C=C)ccc2ccccc12. The second kappa shape index (κ2) is 34.7. The molecule has 10 aromatic carbocycles. The second-order valence-corrected chi connectivity index (χ2v) is 23.2. The quantitative estimate of drug-likeness (QED) is 0.0179. The molecule has 0 saturated carbocycles. The molecule has 0 radical (unpaired) electrons. The zero-order valence-corrected chi connectivity index (χ0v) is 56.4. The zero-order chi connectivity index (χ0) is 71.9. The van der Waals surface area contributed by atoms with Gasteiger partial charge in [0.1, 0.15) is 82.5 Å². The Labute approximate surface area is 592 Å².